The summed E-state index contributed by atoms with van der Waals surface area (Å²) < 4.78 is 8.42. The number of carbonyl (C=O) groups excluding carboxylic acids is 2. The number of hydrogen-bond donors (Lipinski definition) is 1. The number of methoxy groups -OCH3 is 1. The van der Waals surface area contributed by atoms with E-state index in [9.17, 15) is 9.59 Å². The van der Waals surface area contributed by atoms with E-state index in [-0.39, 0.29) is 42.7 Å². The molecule has 0 aliphatic carbocycles. The van der Waals surface area contributed by atoms with Gasteiger partial charge in [0.05, 0.1) is 7.11 Å². The molecule has 0 bridgehead atoms. The minimum atomic E-state index is -0.433. The molecule has 0 unspecified atom stereocenters. The molecule has 0 aliphatic rings. The Bertz CT molecular complexity index is 134. The summed E-state index contributed by atoms with van der Waals surface area (Å²) in [4.78, 5) is 20.9. The Labute approximate surface area is 93.6 Å². The molecular weight excluding hydrogens is 287 g/mol. The van der Waals surface area contributed by atoms with E-state index in [1.165, 1.54) is 7.11 Å². The van der Waals surface area contributed by atoms with Gasteiger partial charge in [-0.3, -0.25) is 9.59 Å². The van der Waals surface area contributed by atoms with Gasteiger partial charge in [-0.25, -0.2) is 0 Å². The number of hydrogen-bond acceptors (Lipinski definition) is 5. The van der Waals surface area contributed by atoms with Crippen molar-refractivity contribution < 1.29 is 18.5 Å². The zero-order valence-corrected chi connectivity index (χ0v) is 11.8. The van der Waals surface area contributed by atoms with Crippen LogP contribution in [-0.2, 0) is 18.5 Å². The summed E-state index contributed by atoms with van der Waals surface area (Å²) in [6.07, 6.45) is 0.865. The molecule has 0 saturated heterocycles. The van der Waals surface area contributed by atoms with E-state index in [0.29, 0.717) is 6.42 Å². The van der Waals surface area contributed by atoms with Crippen molar-refractivity contribution in [3.8, 4) is 0 Å². The Morgan fingerprint density at radius 2 is 1.75 bits per heavy atom. The summed E-state index contributed by atoms with van der Waals surface area (Å²) in [5.41, 5.74) is 0. The Morgan fingerprint density at radius 3 is 2.17 bits per heavy atom. The van der Waals surface area contributed by atoms with E-state index in [4.69, 9.17) is 0 Å². The van der Waals surface area contributed by atoms with Gasteiger partial charge < -0.3 is 8.92 Å². The quantitative estimate of drug-likeness (QED) is 0.338. The maximum absolute atomic E-state index is 10.5. The summed E-state index contributed by atoms with van der Waals surface area (Å²) in [5.74, 6) is -0.755. The van der Waals surface area contributed by atoms with Gasteiger partial charge in [0.2, 0.25) is 0 Å². The van der Waals surface area contributed by atoms with Crippen LogP contribution in [0, 0.1) is 0 Å². The first-order valence-electron chi connectivity index (χ1n) is 3.11. The molecule has 0 heterocycles. The molecule has 4 nitrogen and oxygen atoms in total. The molecule has 0 N–H and O–H groups in total. The minimum absolute atomic E-state index is 0. The van der Waals surface area contributed by atoms with E-state index < -0.39 is 5.97 Å². The molecular formula is C6H12O4SSn. The second kappa shape index (κ2) is 9.18. The molecule has 12 heavy (non-hydrogen) atoms. The standard InChI is InChI=1S/C6H10O4S.Sn.2H/c1-9-5(7)3-2-4-6(8)10-11;;;/h11H,2-4H2,1H3;;;. The third-order valence-corrected chi connectivity index (χ3v) is 1.29. The van der Waals surface area contributed by atoms with Crippen molar-refractivity contribution in [1.82, 2.24) is 0 Å². The summed E-state index contributed by atoms with van der Waals surface area (Å²) in [5, 5.41) is 0. The molecule has 0 atom stereocenters. The molecule has 0 saturated carbocycles. The van der Waals surface area contributed by atoms with E-state index in [1.54, 1.807) is 0 Å². The molecule has 0 fully saturated rings. The summed E-state index contributed by atoms with van der Waals surface area (Å²) in [6, 6.07) is 0. The van der Waals surface area contributed by atoms with Gasteiger partial charge in [-0.1, -0.05) is 0 Å². The van der Waals surface area contributed by atoms with Crippen LogP contribution in [0.1, 0.15) is 19.3 Å². The van der Waals surface area contributed by atoms with Crippen LogP contribution >= 0.6 is 12.9 Å². The first-order valence-corrected chi connectivity index (χ1v) is 3.48. The zero-order chi connectivity index (χ0) is 8.69. The monoisotopic (exact) mass is 300 g/mol. The Morgan fingerprint density at radius 1 is 1.25 bits per heavy atom. The van der Waals surface area contributed by atoms with Crippen molar-refractivity contribution in [2.75, 3.05) is 7.11 Å². The first kappa shape index (κ1) is 14.6. The molecule has 2 radical (unpaired) electrons. The normalized spacial score (nSPS) is 8.17. The van der Waals surface area contributed by atoms with Crippen molar-refractivity contribution >= 4 is 48.8 Å². The van der Waals surface area contributed by atoms with Crippen LogP contribution in [-0.4, -0.2) is 43.0 Å². The van der Waals surface area contributed by atoms with Gasteiger partial charge in [-0.05, 0) is 6.42 Å². The second-order valence-electron chi connectivity index (χ2n) is 1.89. The van der Waals surface area contributed by atoms with Crippen molar-refractivity contribution in [3.63, 3.8) is 0 Å². The van der Waals surface area contributed by atoms with Crippen LogP contribution < -0.4 is 0 Å². The summed E-state index contributed by atoms with van der Waals surface area (Å²) >= 11 is 3.30. The van der Waals surface area contributed by atoms with Crippen LogP contribution in [0.3, 0.4) is 0 Å². The van der Waals surface area contributed by atoms with E-state index in [2.05, 4.69) is 21.8 Å². The summed E-state index contributed by atoms with van der Waals surface area (Å²) in [6.45, 7) is 0. The van der Waals surface area contributed by atoms with Crippen molar-refractivity contribution in [1.29, 1.82) is 0 Å². The predicted octanol–water partition coefficient (Wildman–Crippen LogP) is -0.199. The van der Waals surface area contributed by atoms with Crippen molar-refractivity contribution in [3.05, 3.63) is 0 Å². The van der Waals surface area contributed by atoms with Gasteiger partial charge in [0.15, 0.2) is 0 Å². The maximum atomic E-state index is 10.5. The summed E-state index contributed by atoms with van der Waals surface area (Å²) in [7, 11) is 1.30. The molecule has 0 rings (SSSR count). The third kappa shape index (κ3) is 8.19. The fourth-order valence-electron chi connectivity index (χ4n) is 0.525. The van der Waals surface area contributed by atoms with Crippen LogP contribution in [0.5, 0.6) is 0 Å². The van der Waals surface area contributed by atoms with Crippen LogP contribution in [0.2, 0.25) is 0 Å². The number of esters is 1. The average molecular weight is 299 g/mol. The van der Waals surface area contributed by atoms with E-state index in [0.717, 1.165) is 0 Å². The Hall–Kier alpha value is 0.0887. The van der Waals surface area contributed by atoms with Crippen molar-refractivity contribution in [2.24, 2.45) is 0 Å². The molecule has 6 heteroatoms. The SMILES string of the molecule is COC(=O)CCCC(=O)OS.[SnH2]. The molecule has 0 aromatic rings. The van der Waals surface area contributed by atoms with E-state index >= 15 is 0 Å². The first-order chi connectivity index (χ1) is 5.20. The average Bonchev–Trinajstić information content (AvgIpc) is 2.04. The molecule has 0 aromatic heterocycles. The predicted molar refractivity (Wildman–Crippen MR) is 49.5 cm³/mol. The third-order valence-electron chi connectivity index (χ3n) is 1.09. The molecule has 70 valence electrons. The fourth-order valence-corrected chi connectivity index (χ4v) is 0.616. The van der Waals surface area contributed by atoms with Crippen LogP contribution in [0.25, 0.3) is 0 Å². The zero-order valence-electron chi connectivity index (χ0n) is 6.91. The molecule has 0 aliphatic heterocycles. The molecule has 0 amide bonds. The topological polar surface area (TPSA) is 52.6 Å². The van der Waals surface area contributed by atoms with Gasteiger partial charge in [0.25, 0.3) is 0 Å². The second-order valence-corrected chi connectivity index (χ2v) is 2.08. The Balaban J connectivity index is 0. The van der Waals surface area contributed by atoms with Crippen LogP contribution in [0.4, 0.5) is 0 Å². The van der Waals surface area contributed by atoms with Gasteiger partial charge in [-0.2, -0.15) is 0 Å². The van der Waals surface area contributed by atoms with Gasteiger partial charge in [0, 0.05) is 25.8 Å². The number of rotatable bonds is 4. The number of carbonyl (C=O) groups is 2. The molecule has 0 aromatic carbocycles. The van der Waals surface area contributed by atoms with E-state index in [1.807, 2.05) is 0 Å². The van der Waals surface area contributed by atoms with Gasteiger partial charge in [-0.15, -0.1) is 0 Å². The molecule has 0 spiro atoms. The van der Waals surface area contributed by atoms with Crippen molar-refractivity contribution in [2.45, 2.75) is 19.3 Å². The van der Waals surface area contributed by atoms with Gasteiger partial charge >= 0.3 is 35.8 Å². The Kier molecular flexibility index (Phi) is 11.2. The number of thiol groups is 1. The van der Waals surface area contributed by atoms with Gasteiger partial charge in [0.1, 0.15) is 0 Å². The number of ether oxygens (including phenoxy) is 1. The fraction of sp³-hybridized carbons (Fsp3) is 0.667. The van der Waals surface area contributed by atoms with Crippen LogP contribution in [0.15, 0.2) is 0 Å².